The summed E-state index contributed by atoms with van der Waals surface area (Å²) in [6.07, 6.45) is 3.46. The van der Waals surface area contributed by atoms with Crippen LogP contribution < -0.4 is 5.32 Å². The molecule has 1 aromatic rings. The summed E-state index contributed by atoms with van der Waals surface area (Å²) in [7, 11) is 0. The van der Waals surface area contributed by atoms with E-state index in [0.29, 0.717) is 6.61 Å². The van der Waals surface area contributed by atoms with Gasteiger partial charge in [-0.05, 0) is 51.2 Å². The zero-order chi connectivity index (χ0) is 14.6. The normalized spacial score (nSPS) is 21.1. The average molecular weight is 272 g/mol. The fraction of sp³-hybridized carbons (Fsp3) is 0.588. The molecule has 3 nitrogen and oxygen atoms in total. The minimum absolute atomic E-state index is 0.126. The number of rotatable bonds is 5. The molecule has 20 heavy (non-hydrogen) atoms. The predicted molar refractivity (Wildman–Crippen MR) is 80.4 cm³/mol. The molecule has 3 heteroatoms. The Morgan fingerprint density at radius 2 is 2.20 bits per heavy atom. The third kappa shape index (κ3) is 3.59. The summed E-state index contributed by atoms with van der Waals surface area (Å²) in [4.78, 5) is 0. The fourth-order valence-electron chi connectivity index (χ4n) is 2.89. The smallest absolute Gasteiger partial charge is 0.127 e. The SMILES string of the molecule is CC(C)NC(C)(C#N)COC1CCCc2ccccc21. The number of nitriles is 1. The van der Waals surface area contributed by atoms with Crippen molar-refractivity contribution < 1.29 is 4.74 Å². The molecule has 0 radical (unpaired) electrons. The molecule has 0 amide bonds. The maximum atomic E-state index is 9.37. The summed E-state index contributed by atoms with van der Waals surface area (Å²) in [6, 6.07) is 11.1. The first-order valence-electron chi connectivity index (χ1n) is 7.42. The fourth-order valence-corrected chi connectivity index (χ4v) is 2.89. The predicted octanol–water partition coefficient (Wildman–Crippen LogP) is 3.36. The van der Waals surface area contributed by atoms with E-state index in [9.17, 15) is 5.26 Å². The zero-order valence-corrected chi connectivity index (χ0v) is 12.6. The van der Waals surface area contributed by atoms with E-state index in [1.165, 1.54) is 11.1 Å². The molecule has 0 aliphatic heterocycles. The Labute approximate surface area is 121 Å². The lowest BCUT2D eigenvalue weighted by molar-refractivity contribution is 0.0145. The van der Waals surface area contributed by atoms with E-state index >= 15 is 0 Å². The molecule has 1 aliphatic carbocycles. The molecular formula is C17H24N2O. The van der Waals surface area contributed by atoms with Gasteiger partial charge in [0.05, 0.1) is 18.8 Å². The van der Waals surface area contributed by atoms with Crippen LogP contribution >= 0.6 is 0 Å². The maximum absolute atomic E-state index is 9.37. The summed E-state index contributed by atoms with van der Waals surface area (Å²) in [6.45, 7) is 6.42. The molecule has 0 aromatic heterocycles. The highest BCUT2D eigenvalue weighted by Gasteiger charge is 2.28. The highest BCUT2D eigenvalue weighted by molar-refractivity contribution is 5.31. The molecule has 0 heterocycles. The highest BCUT2D eigenvalue weighted by Crippen LogP contribution is 2.32. The van der Waals surface area contributed by atoms with Crippen molar-refractivity contribution in [1.82, 2.24) is 5.32 Å². The van der Waals surface area contributed by atoms with Gasteiger partial charge in [0.25, 0.3) is 0 Å². The van der Waals surface area contributed by atoms with Crippen molar-refractivity contribution in [1.29, 1.82) is 5.26 Å². The van der Waals surface area contributed by atoms with Crippen molar-refractivity contribution in [3.8, 4) is 6.07 Å². The van der Waals surface area contributed by atoms with Gasteiger partial charge in [0.2, 0.25) is 0 Å². The molecular weight excluding hydrogens is 248 g/mol. The Kier molecular flexibility index (Phi) is 4.80. The number of nitrogens with one attached hydrogen (secondary N) is 1. The second kappa shape index (κ2) is 6.39. The van der Waals surface area contributed by atoms with Crippen LogP contribution in [0, 0.1) is 11.3 Å². The van der Waals surface area contributed by atoms with Gasteiger partial charge in [0, 0.05) is 6.04 Å². The van der Waals surface area contributed by atoms with E-state index in [4.69, 9.17) is 4.74 Å². The van der Waals surface area contributed by atoms with Crippen LogP contribution in [0.5, 0.6) is 0 Å². The number of benzene rings is 1. The van der Waals surface area contributed by atoms with Crippen molar-refractivity contribution >= 4 is 0 Å². The van der Waals surface area contributed by atoms with E-state index in [2.05, 4.69) is 35.7 Å². The van der Waals surface area contributed by atoms with Crippen molar-refractivity contribution in [2.24, 2.45) is 0 Å². The van der Waals surface area contributed by atoms with Gasteiger partial charge in [-0.1, -0.05) is 24.3 Å². The molecule has 0 bridgehead atoms. The molecule has 0 spiro atoms. The van der Waals surface area contributed by atoms with Crippen LogP contribution in [0.4, 0.5) is 0 Å². The topological polar surface area (TPSA) is 45.0 Å². The lowest BCUT2D eigenvalue weighted by atomic mass is 9.89. The van der Waals surface area contributed by atoms with Crippen molar-refractivity contribution in [3.05, 3.63) is 35.4 Å². The lowest BCUT2D eigenvalue weighted by Gasteiger charge is -2.31. The Morgan fingerprint density at radius 3 is 2.90 bits per heavy atom. The van der Waals surface area contributed by atoms with Crippen LogP contribution in [-0.2, 0) is 11.2 Å². The van der Waals surface area contributed by atoms with Crippen LogP contribution in [0.25, 0.3) is 0 Å². The van der Waals surface area contributed by atoms with Crippen LogP contribution in [-0.4, -0.2) is 18.2 Å². The number of aryl methyl sites for hydroxylation is 1. The van der Waals surface area contributed by atoms with Crippen molar-refractivity contribution in [2.75, 3.05) is 6.61 Å². The summed E-state index contributed by atoms with van der Waals surface area (Å²) in [5.41, 5.74) is 2.06. The first-order valence-corrected chi connectivity index (χ1v) is 7.42. The standard InChI is InChI=1S/C17H24N2O/c1-13(2)19-17(3,11-18)12-20-16-10-6-8-14-7-4-5-9-15(14)16/h4-5,7,9,13,16,19H,6,8,10,12H2,1-3H3. The van der Waals surface area contributed by atoms with Gasteiger partial charge < -0.3 is 4.74 Å². The largest absolute Gasteiger partial charge is 0.370 e. The van der Waals surface area contributed by atoms with Crippen LogP contribution in [0.15, 0.2) is 24.3 Å². The quantitative estimate of drug-likeness (QED) is 0.894. The second-order valence-electron chi connectivity index (χ2n) is 6.13. The summed E-state index contributed by atoms with van der Waals surface area (Å²) in [5.74, 6) is 0. The molecule has 0 fully saturated rings. The van der Waals surface area contributed by atoms with Crippen molar-refractivity contribution in [3.63, 3.8) is 0 Å². The molecule has 2 unspecified atom stereocenters. The summed E-state index contributed by atoms with van der Waals surface area (Å²) < 4.78 is 6.08. The molecule has 2 atom stereocenters. The third-order valence-corrected chi connectivity index (χ3v) is 3.74. The second-order valence-corrected chi connectivity index (χ2v) is 6.13. The van der Waals surface area contributed by atoms with Gasteiger partial charge in [-0.2, -0.15) is 5.26 Å². The molecule has 1 aromatic carbocycles. The molecule has 108 valence electrons. The highest BCUT2D eigenvalue weighted by atomic mass is 16.5. The zero-order valence-electron chi connectivity index (χ0n) is 12.6. The Morgan fingerprint density at radius 1 is 1.45 bits per heavy atom. The number of nitrogens with zero attached hydrogens (tertiary/aromatic N) is 1. The van der Waals surface area contributed by atoms with Crippen molar-refractivity contribution in [2.45, 2.75) is 57.7 Å². The van der Waals surface area contributed by atoms with Gasteiger partial charge in [0.1, 0.15) is 5.54 Å². The van der Waals surface area contributed by atoms with Gasteiger partial charge in [-0.15, -0.1) is 0 Å². The van der Waals surface area contributed by atoms with Gasteiger partial charge >= 0.3 is 0 Å². The summed E-state index contributed by atoms with van der Waals surface area (Å²) >= 11 is 0. The molecule has 1 aliphatic rings. The minimum atomic E-state index is -0.624. The maximum Gasteiger partial charge on any atom is 0.127 e. The van der Waals surface area contributed by atoms with Gasteiger partial charge in [-0.3, -0.25) is 5.32 Å². The Hall–Kier alpha value is -1.37. The lowest BCUT2D eigenvalue weighted by Crippen LogP contribution is -2.48. The molecule has 0 saturated carbocycles. The summed E-state index contributed by atoms with van der Waals surface area (Å²) in [5, 5.41) is 12.6. The first kappa shape index (κ1) is 15.0. The van der Waals surface area contributed by atoms with E-state index in [-0.39, 0.29) is 12.1 Å². The van der Waals surface area contributed by atoms with E-state index in [0.717, 1.165) is 19.3 Å². The van der Waals surface area contributed by atoms with E-state index in [1.54, 1.807) is 0 Å². The monoisotopic (exact) mass is 272 g/mol. The average Bonchev–Trinajstić information content (AvgIpc) is 2.44. The van der Waals surface area contributed by atoms with E-state index in [1.807, 2.05) is 20.8 Å². The minimum Gasteiger partial charge on any atom is -0.370 e. The van der Waals surface area contributed by atoms with Crippen LogP contribution in [0.2, 0.25) is 0 Å². The molecule has 2 rings (SSSR count). The molecule has 1 N–H and O–H groups in total. The van der Waals surface area contributed by atoms with E-state index < -0.39 is 5.54 Å². The Balaban J connectivity index is 2.03. The number of fused-ring (bicyclic) bond motifs is 1. The van der Waals surface area contributed by atoms with Crippen LogP contribution in [0.3, 0.4) is 0 Å². The molecule has 0 saturated heterocycles. The third-order valence-electron chi connectivity index (χ3n) is 3.74. The number of ether oxygens (including phenoxy) is 1. The first-order chi connectivity index (χ1) is 9.54. The van der Waals surface area contributed by atoms with Gasteiger partial charge in [-0.25, -0.2) is 0 Å². The number of hydrogen-bond donors (Lipinski definition) is 1. The Bertz CT molecular complexity index is 492. The van der Waals surface area contributed by atoms with Crippen LogP contribution in [0.1, 0.15) is 50.8 Å². The van der Waals surface area contributed by atoms with Gasteiger partial charge in [0.15, 0.2) is 0 Å². The number of hydrogen-bond acceptors (Lipinski definition) is 3.